The number of benzene rings is 1. The zero-order chi connectivity index (χ0) is 17.8. The average Bonchev–Trinajstić information content (AvgIpc) is 2.62. The van der Waals surface area contributed by atoms with E-state index >= 15 is 0 Å². The molecule has 1 aromatic carbocycles. The van der Waals surface area contributed by atoms with E-state index in [1.54, 1.807) is 6.07 Å². The third-order valence-electron chi connectivity index (χ3n) is 4.51. The molecule has 1 fully saturated rings. The van der Waals surface area contributed by atoms with Crippen LogP contribution in [0.3, 0.4) is 0 Å². The minimum Gasteiger partial charge on any atom is -0.348 e. The molecule has 2 aromatic rings. The second kappa shape index (κ2) is 7.61. The lowest BCUT2D eigenvalue weighted by Crippen LogP contribution is -2.47. The van der Waals surface area contributed by atoms with Crippen molar-refractivity contribution in [1.82, 2.24) is 19.8 Å². The molecule has 6 nitrogen and oxygen atoms in total. The lowest BCUT2D eigenvalue weighted by Gasteiger charge is -2.32. The maximum atomic E-state index is 12.8. The molecule has 2 heterocycles. The summed E-state index contributed by atoms with van der Waals surface area (Å²) in [6.45, 7) is 7.21. The number of carbonyl (C=O) groups is 1. The van der Waals surface area contributed by atoms with E-state index in [-0.39, 0.29) is 11.9 Å². The van der Waals surface area contributed by atoms with Crippen LogP contribution >= 0.6 is 0 Å². The van der Waals surface area contributed by atoms with Crippen molar-refractivity contribution in [3.63, 3.8) is 0 Å². The van der Waals surface area contributed by atoms with Crippen LogP contribution in [0.5, 0.6) is 0 Å². The molecule has 0 aliphatic carbocycles. The number of piperazine rings is 1. The van der Waals surface area contributed by atoms with Crippen LogP contribution in [0.1, 0.15) is 34.7 Å². The quantitative estimate of drug-likeness (QED) is 0.926. The Labute approximate surface area is 148 Å². The number of likely N-dealkylation sites (N-methyl/N-ethyl adjacent to an activating group) is 1. The lowest BCUT2D eigenvalue weighted by atomic mass is 10.1. The molecule has 1 amide bonds. The van der Waals surface area contributed by atoms with E-state index in [2.05, 4.69) is 46.3 Å². The summed E-state index contributed by atoms with van der Waals surface area (Å²) in [5, 5.41) is 3.30. The van der Waals surface area contributed by atoms with Gasteiger partial charge in [0.2, 0.25) is 5.95 Å². The summed E-state index contributed by atoms with van der Waals surface area (Å²) in [5.74, 6) is 0.475. The normalized spacial score (nSPS) is 16.5. The summed E-state index contributed by atoms with van der Waals surface area (Å²) in [5.41, 5.74) is 2.40. The molecule has 0 radical (unpaired) electrons. The molecule has 1 aliphatic rings. The Morgan fingerprint density at radius 1 is 1.12 bits per heavy atom. The number of carbonyl (C=O) groups excluding carboxylic acids is 1. The number of anilines is 1. The molecule has 1 N–H and O–H groups in total. The van der Waals surface area contributed by atoms with Gasteiger partial charge in [-0.2, -0.15) is 0 Å². The molecular weight excluding hydrogens is 314 g/mol. The van der Waals surface area contributed by atoms with Crippen molar-refractivity contribution < 1.29 is 4.79 Å². The number of hydrogen-bond acceptors (Lipinski definition) is 5. The monoisotopic (exact) mass is 339 g/mol. The Kier molecular flexibility index (Phi) is 5.28. The van der Waals surface area contributed by atoms with Crippen LogP contribution in [0.4, 0.5) is 5.95 Å². The summed E-state index contributed by atoms with van der Waals surface area (Å²) in [7, 11) is 2.07. The van der Waals surface area contributed by atoms with E-state index in [0.29, 0.717) is 11.6 Å². The molecule has 3 rings (SSSR count). The average molecular weight is 339 g/mol. The van der Waals surface area contributed by atoms with Crippen LogP contribution in [-0.4, -0.2) is 58.9 Å². The van der Waals surface area contributed by atoms with Crippen LogP contribution < -0.4 is 5.32 Å². The fourth-order valence-corrected chi connectivity index (χ4v) is 2.93. The van der Waals surface area contributed by atoms with Crippen molar-refractivity contribution >= 4 is 11.9 Å². The number of amides is 1. The molecule has 0 saturated carbocycles. The fraction of sp³-hybridized carbons (Fsp3) is 0.421. The van der Waals surface area contributed by atoms with Crippen molar-refractivity contribution in [2.45, 2.75) is 19.9 Å². The Morgan fingerprint density at radius 3 is 2.48 bits per heavy atom. The fourth-order valence-electron chi connectivity index (χ4n) is 2.93. The summed E-state index contributed by atoms with van der Waals surface area (Å²) in [6, 6.07) is 12.0. The van der Waals surface area contributed by atoms with Crippen LogP contribution in [0.15, 0.2) is 36.4 Å². The Bertz CT molecular complexity index is 726. The number of aryl methyl sites for hydroxylation is 1. The number of nitrogens with one attached hydrogen (secondary N) is 1. The van der Waals surface area contributed by atoms with Crippen LogP contribution in [0.25, 0.3) is 0 Å². The zero-order valence-electron chi connectivity index (χ0n) is 15.1. The van der Waals surface area contributed by atoms with E-state index in [4.69, 9.17) is 0 Å². The SMILES string of the molecule is Cc1cc(C(=O)N2CCN(C)CC2)nc(NC(C)c2ccccc2)n1. The van der Waals surface area contributed by atoms with E-state index in [1.807, 2.05) is 30.0 Å². The number of hydrogen-bond donors (Lipinski definition) is 1. The van der Waals surface area contributed by atoms with Crippen LogP contribution in [-0.2, 0) is 0 Å². The molecule has 1 unspecified atom stereocenters. The first-order chi connectivity index (χ1) is 12.0. The van der Waals surface area contributed by atoms with Gasteiger partial charge in [0.1, 0.15) is 5.69 Å². The van der Waals surface area contributed by atoms with Gasteiger partial charge in [0.25, 0.3) is 5.91 Å². The van der Waals surface area contributed by atoms with Crippen molar-refractivity contribution in [1.29, 1.82) is 0 Å². The van der Waals surface area contributed by atoms with Gasteiger partial charge in [-0.15, -0.1) is 0 Å². The predicted octanol–water partition coefficient (Wildman–Crippen LogP) is 2.35. The van der Waals surface area contributed by atoms with Crippen LogP contribution in [0.2, 0.25) is 0 Å². The first kappa shape index (κ1) is 17.4. The second-order valence-electron chi connectivity index (χ2n) is 6.59. The highest BCUT2D eigenvalue weighted by Gasteiger charge is 2.22. The first-order valence-electron chi connectivity index (χ1n) is 8.68. The topological polar surface area (TPSA) is 61.4 Å². The molecule has 0 bridgehead atoms. The molecule has 132 valence electrons. The summed E-state index contributed by atoms with van der Waals surface area (Å²) in [4.78, 5) is 25.8. The van der Waals surface area contributed by atoms with E-state index in [0.717, 1.165) is 37.4 Å². The van der Waals surface area contributed by atoms with Crippen molar-refractivity contribution in [2.75, 3.05) is 38.5 Å². The molecule has 1 saturated heterocycles. The van der Waals surface area contributed by atoms with Gasteiger partial charge in [-0.1, -0.05) is 30.3 Å². The number of aromatic nitrogens is 2. The van der Waals surface area contributed by atoms with E-state index in [1.165, 1.54) is 0 Å². The van der Waals surface area contributed by atoms with Gasteiger partial charge in [0.05, 0.1) is 6.04 Å². The molecule has 1 atom stereocenters. The van der Waals surface area contributed by atoms with Crippen molar-refractivity contribution in [2.24, 2.45) is 0 Å². The van der Waals surface area contributed by atoms with Crippen LogP contribution in [0, 0.1) is 6.92 Å². The molecule has 1 aliphatic heterocycles. The smallest absolute Gasteiger partial charge is 0.272 e. The number of rotatable bonds is 4. The van der Waals surface area contributed by atoms with E-state index < -0.39 is 0 Å². The van der Waals surface area contributed by atoms with Gasteiger partial charge in [-0.05, 0) is 32.5 Å². The molecule has 25 heavy (non-hydrogen) atoms. The predicted molar refractivity (Wildman–Crippen MR) is 98.6 cm³/mol. The van der Waals surface area contributed by atoms with Gasteiger partial charge in [-0.25, -0.2) is 9.97 Å². The van der Waals surface area contributed by atoms with E-state index in [9.17, 15) is 4.79 Å². The third kappa shape index (κ3) is 4.33. The highest BCUT2D eigenvalue weighted by molar-refractivity contribution is 5.92. The molecule has 1 aromatic heterocycles. The number of nitrogens with zero attached hydrogens (tertiary/aromatic N) is 4. The molecular formula is C19H25N5O. The summed E-state index contributed by atoms with van der Waals surface area (Å²) in [6.07, 6.45) is 0. The Morgan fingerprint density at radius 2 is 1.80 bits per heavy atom. The van der Waals surface area contributed by atoms with Gasteiger partial charge >= 0.3 is 0 Å². The van der Waals surface area contributed by atoms with Gasteiger partial charge in [0, 0.05) is 31.9 Å². The van der Waals surface area contributed by atoms with Crippen molar-refractivity contribution in [3.05, 3.63) is 53.3 Å². The molecule has 6 heteroatoms. The summed E-state index contributed by atoms with van der Waals surface area (Å²) >= 11 is 0. The summed E-state index contributed by atoms with van der Waals surface area (Å²) < 4.78 is 0. The minimum absolute atomic E-state index is 0.0194. The largest absolute Gasteiger partial charge is 0.348 e. The minimum atomic E-state index is -0.0194. The maximum Gasteiger partial charge on any atom is 0.272 e. The van der Waals surface area contributed by atoms with Crippen molar-refractivity contribution in [3.8, 4) is 0 Å². The highest BCUT2D eigenvalue weighted by atomic mass is 16.2. The molecule has 0 spiro atoms. The van der Waals surface area contributed by atoms with Gasteiger partial charge in [-0.3, -0.25) is 4.79 Å². The van der Waals surface area contributed by atoms with Gasteiger partial charge < -0.3 is 15.1 Å². The maximum absolute atomic E-state index is 12.8. The second-order valence-corrected chi connectivity index (χ2v) is 6.59. The third-order valence-corrected chi connectivity index (χ3v) is 4.51. The Balaban J connectivity index is 1.75. The lowest BCUT2D eigenvalue weighted by molar-refractivity contribution is 0.0658. The first-order valence-corrected chi connectivity index (χ1v) is 8.68. The highest BCUT2D eigenvalue weighted by Crippen LogP contribution is 2.17. The zero-order valence-corrected chi connectivity index (χ0v) is 15.1. The van der Waals surface area contributed by atoms with Gasteiger partial charge in [0.15, 0.2) is 0 Å². The Hall–Kier alpha value is -2.47. The standard InChI is InChI=1S/C19H25N5O/c1-14-13-17(18(25)24-11-9-23(3)10-12-24)22-19(20-14)21-15(2)16-7-5-4-6-8-16/h4-8,13,15H,9-12H2,1-3H3,(H,20,21,22).